The molecule has 3 N–H and O–H groups in total. The van der Waals surface area contributed by atoms with Crippen molar-refractivity contribution in [2.24, 2.45) is 5.92 Å². The number of aromatic nitrogens is 1. The molecule has 1 aliphatic carbocycles. The van der Waals surface area contributed by atoms with Crippen LogP contribution in [0.4, 0.5) is 11.6 Å². The van der Waals surface area contributed by atoms with E-state index in [2.05, 4.69) is 10.3 Å². The van der Waals surface area contributed by atoms with Crippen LogP contribution in [-0.4, -0.2) is 24.7 Å². The highest BCUT2D eigenvalue weighted by atomic mass is 16.5. The number of nitrogens with one attached hydrogen (secondary N) is 1. The first-order chi connectivity index (χ1) is 7.34. The van der Waals surface area contributed by atoms with Gasteiger partial charge in [0.1, 0.15) is 11.6 Å². The summed E-state index contributed by atoms with van der Waals surface area (Å²) in [6.07, 6.45) is 2.68. The molecule has 0 aliphatic heterocycles. The van der Waals surface area contributed by atoms with E-state index in [0.717, 1.165) is 31.5 Å². The quantitative estimate of drug-likeness (QED) is 0.694. The lowest BCUT2D eigenvalue weighted by molar-refractivity contribution is 0.134. The van der Waals surface area contributed by atoms with Gasteiger partial charge in [0.15, 0.2) is 0 Å². The Morgan fingerprint density at radius 1 is 1.47 bits per heavy atom. The molecule has 1 heterocycles. The second kappa shape index (κ2) is 4.98. The monoisotopic (exact) mass is 207 g/mol. The van der Waals surface area contributed by atoms with Gasteiger partial charge >= 0.3 is 0 Å². The van der Waals surface area contributed by atoms with Gasteiger partial charge in [-0.3, -0.25) is 0 Å². The smallest absolute Gasteiger partial charge is 0.128 e. The van der Waals surface area contributed by atoms with Crippen molar-refractivity contribution in [3.05, 3.63) is 18.2 Å². The lowest BCUT2D eigenvalue weighted by atomic mass is 10.4. The van der Waals surface area contributed by atoms with Gasteiger partial charge in [-0.05, 0) is 30.9 Å². The van der Waals surface area contributed by atoms with Crippen LogP contribution >= 0.6 is 0 Å². The van der Waals surface area contributed by atoms with Gasteiger partial charge in [0, 0.05) is 13.2 Å². The van der Waals surface area contributed by atoms with Crippen molar-refractivity contribution in [1.82, 2.24) is 4.98 Å². The minimum Gasteiger partial charge on any atom is -0.384 e. The average Bonchev–Trinajstić information content (AvgIpc) is 3.01. The van der Waals surface area contributed by atoms with E-state index in [1.807, 2.05) is 12.1 Å². The molecule has 1 aliphatic rings. The summed E-state index contributed by atoms with van der Waals surface area (Å²) < 4.78 is 5.49. The van der Waals surface area contributed by atoms with Gasteiger partial charge in [0.2, 0.25) is 0 Å². The van der Waals surface area contributed by atoms with Crippen LogP contribution < -0.4 is 11.1 Å². The Morgan fingerprint density at radius 2 is 2.33 bits per heavy atom. The largest absolute Gasteiger partial charge is 0.384 e. The van der Waals surface area contributed by atoms with Gasteiger partial charge in [-0.25, -0.2) is 4.98 Å². The van der Waals surface area contributed by atoms with Crippen LogP contribution in [0.1, 0.15) is 12.8 Å². The normalized spacial score (nSPS) is 15.2. The molecule has 1 fully saturated rings. The number of ether oxygens (including phenoxy) is 1. The van der Waals surface area contributed by atoms with Crippen molar-refractivity contribution in [1.29, 1.82) is 0 Å². The summed E-state index contributed by atoms with van der Waals surface area (Å²) in [5, 5.41) is 3.16. The van der Waals surface area contributed by atoms with Crippen molar-refractivity contribution >= 4 is 11.6 Å². The molecule has 0 saturated heterocycles. The highest BCUT2D eigenvalue weighted by molar-refractivity contribution is 5.41. The maximum atomic E-state index is 5.55. The number of nitrogen functional groups attached to an aromatic ring is 1. The first kappa shape index (κ1) is 10.2. The zero-order valence-corrected chi connectivity index (χ0v) is 8.78. The minimum atomic E-state index is 0.541. The molecule has 0 spiro atoms. The molecule has 15 heavy (non-hydrogen) atoms. The standard InChI is InChI=1S/C11H17N3O/c12-10-2-1-3-11(14-10)13-6-7-15-8-9-4-5-9/h1-3,9H,4-8H2,(H3,12,13,14). The van der Waals surface area contributed by atoms with Gasteiger partial charge in [0.05, 0.1) is 6.61 Å². The summed E-state index contributed by atoms with van der Waals surface area (Å²) in [5.74, 6) is 2.18. The van der Waals surface area contributed by atoms with E-state index in [4.69, 9.17) is 10.5 Å². The van der Waals surface area contributed by atoms with Gasteiger partial charge < -0.3 is 15.8 Å². The lowest BCUT2D eigenvalue weighted by Gasteiger charge is -2.06. The van der Waals surface area contributed by atoms with E-state index in [0.29, 0.717) is 5.82 Å². The summed E-state index contributed by atoms with van der Waals surface area (Å²) in [7, 11) is 0. The third-order valence-corrected chi connectivity index (χ3v) is 2.37. The predicted octanol–water partition coefficient (Wildman–Crippen LogP) is 1.50. The molecule has 0 aromatic carbocycles. The molecule has 2 rings (SSSR count). The summed E-state index contributed by atoms with van der Waals surface area (Å²) in [4.78, 5) is 4.13. The summed E-state index contributed by atoms with van der Waals surface area (Å²) in [5.41, 5.74) is 5.55. The highest BCUT2D eigenvalue weighted by Crippen LogP contribution is 2.28. The fraction of sp³-hybridized carbons (Fsp3) is 0.545. The summed E-state index contributed by atoms with van der Waals surface area (Å²) >= 11 is 0. The molecule has 0 radical (unpaired) electrons. The van der Waals surface area contributed by atoms with Crippen molar-refractivity contribution in [3.63, 3.8) is 0 Å². The molecule has 0 bridgehead atoms. The van der Waals surface area contributed by atoms with Crippen LogP contribution in [0.15, 0.2) is 18.2 Å². The fourth-order valence-electron chi connectivity index (χ4n) is 1.34. The second-order valence-electron chi connectivity index (χ2n) is 3.89. The Bertz CT molecular complexity index is 312. The summed E-state index contributed by atoms with van der Waals surface area (Å²) in [6, 6.07) is 5.56. The highest BCUT2D eigenvalue weighted by Gasteiger charge is 2.20. The van der Waals surface area contributed by atoms with Gasteiger partial charge in [-0.2, -0.15) is 0 Å². The number of nitrogens with two attached hydrogens (primary N) is 1. The van der Waals surface area contributed by atoms with Crippen LogP contribution in [0.3, 0.4) is 0 Å². The third kappa shape index (κ3) is 3.75. The van der Waals surface area contributed by atoms with Crippen molar-refractivity contribution in [2.45, 2.75) is 12.8 Å². The van der Waals surface area contributed by atoms with E-state index in [9.17, 15) is 0 Å². The van der Waals surface area contributed by atoms with Crippen LogP contribution in [0.5, 0.6) is 0 Å². The molecule has 0 atom stereocenters. The molecule has 1 saturated carbocycles. The molecule has 4 heteroatoms. The van der Waals surface area contributed by atoms with Crippen LogP contribution in [-0.2, 0) is 4.74 Å². The van der Waals surface area contributed by atoms with E-state index in [1.165, 1.54) is 12.8 Å². The molecule has 1 aromatic rings. The zero-order valence-electron chi connectivity index (χ0n) is 8.78. The SMILES string of the molecule is Nc1cccc(NCCOCC2CC2)n1. The Balaban J connectivity index is 1.60. The maximum absolute atomic E-state index is 5.55. The number of nitrogens with zero attached hydrogens (tertiary/aromatic N) is 1. The zero-order chi connectivity index (χ0) is 10.5. The van der Waals surface area contributed by atoms with E-state index >= 15 is 0 Å². The Kier molecular flexibility index (Phi) is 3.40. The van der Waals surface area contributed by atoms with Gasteiger partial charge in [-0.1, -0.05) is 6.07 Å². The van der Waals surface area contributed by atoms with E-state index in [1.54, 1.807) is 6.07 Å². The van der Waals surface area contributed by atoms with E-state index in [-0.39, 0.29) is 0 Å². The van der Waals surface area contributed by atoms with Crippen LogP contribution in [0, 0.1) is 5.92 Å². The number of hydrogen-bond donors (Lipinski definition) is 2. The summed E-state index contributed by atoms with van der Waals surface area (Å²) in [6.45, 7) is 2.42. The molecular weight excluding hydrogens is 190 g/mol. The molecule has 0 amide bonds. The predicted molar refractivity (Wildman–Crippen MR) is 60.7 cm³/mol. The third-order valence-electron chi connectivity index (χ3n) is 2.37. The van der Waals surface area contributed by atoms with Crippen molar-refractivity contribution in [2.75, 3.05) is 30.8 Å². The topological polar surface area (TPSA) is 60.2 Å². The van der Waals surface area contributed by atoms with Crippen LogP contribution in [0.25, 0.3) is 0 Å². The first-order valence-corrected chi connectivity index (χ1v) is 5.39. The fourth-order valence-corrected chi connectivity index (χ4v) is 1.34. The Labute approximate surface area is 89.8 Å². The van der Waals surface area contributed by atoms with Gasteiger partial charge in [0.25, 0.3) is 0 Å². The molecule has 4 nitrogen and oxygen atoms in total. The second-order valence-corrected chi connectivity index (χ2v) is 3.89. The molecule has 0 unspecified atom stereocenters. The number of anilines is 2. The molecular formula is C11H17N3O. The number of hydrogen-bond acceptors (Lipinski definition) is 4. The average molecular weight is 207 g/mol. The Morgan fingerprint density at radius 3 is 3.07 bits per heavy atom. The number of pyridine rings is 1. The molecule has 82 valence electrons. The first-order valence-electron chi connectivity index (χ1n) is 5.39. The number of rotatable bonds is 6. The molecule has 1 aromatic heterocycles. The van der Waals surface area contributed by atoms with E-state index < -0.39 is 0 Å². The van der Waals surface area contributed by atoms with Crippen LogP contribution in [0.2, 0.25) is 0 Å². The maximum Gasteiger partial charge on any atom is 0.128 e. The lowest BCUT2D eigenvalue weighted by Crippen LogP contribution is -2.11. The Hall–Kier alpha value is -1.29. The van der Waals surface area contributed by atoms with Gasteiger partial charge in [-0.15, -0.1) is 0 Å². The van der Waals surface area contributed by atoms with Crippen molar-refractivity contribution in [3.8, 4) is 0 Å². The minimum absolute atomic E-state index is 0.541. The van der Waals surface area contributed by atoms with Crippen molar-refractivity contribution < 1.29 is 4.74 Å².